The number of aromatic amines is 1. The summed E-state index contributed by atoms with van der Waals surface area (Å²) in [6, 6.07) is 5.84. The van der Waals surface area contributed by atoms with Gasteiger partial charge < -0.3 is 14.8 Å². The molecule has 0 fully saturated rings. The Balaban J connectivity index is 2.05. The third-order valence-corrected chi connectivity index (χ3v) is 3.21. The van der Waals surface area contributed by atoms with Crippen LogP contribution in [0.1, 0.15) is 24.4 Å². The lowest BCUT2D eigenvalue weighted by molar-refractivity contribution is 0.341. The van der Waals surface area contributed by atoms with Gasteiger partial charge in [0.25, 0.3) is 0 Å². The van der Waals surface area contributed by atoms with E-state index in [0.717, 1.165) is 22.9 Å². The van der Waals surface area contributed by atoms with Crippen LogP contribution in [0.4, 0.5) is 0 Å². The number of nitrogens with zero attached hydrogens (tertiary/aromatic N) is 2. The number of aromatic nitrogens is 3. The van der Waals surface area contributed by atoms with Gasteiger partial charge in [-0.1, -0.05) is 31.4 Å². The first-order valence-electron chi connectivity index (χ1n) is 7.43. The SMILES string of the molecule is C=CCOc1ccc(CN[C@H](C)c2ncn[nH]2)c(OCC=C)c1. The molecule has 0 aliphatic carbocycles. The second-order valence-electron chi connectivity index (χ2n) is 4.94. The Bertz CT molecular complexity index is 626. The molecule has 1 aromatic heterocycles. The number of H-pyrrole nitrogens is 1. The smallest absolute Gasteiger partial charge is 0.141 e. The average molecular weight is 314 g/mol. The highest BCUT2D eigenvalue weighted by Gasteiger charge is 2.11. The molecule has 1 heterocycles. The van der Waals surface area contributed by atoms with E-state index >= 15 is 0 Å². The zero-order valence-corrected chi connectivity index (χ0v) is 13.3. The summed E-state index contributed by atoms with van der Waals surface area (Å²) >= 11 is 0. The standard InChI is InChI=1S/C17H22N4O2/c1-4-8-22-15-7-6-14(16(10-15)23-9-5-2)11-18-13(3)17-19-12-20-21-17/h4-7,10,12-13,18H,1-2,8-9,11H2,3H3,(H,19,20,21)/t13-/m1/s1. The minimum Gasteiger partial charge on any atom is -0.489 e. The molecule has 0 radical (unpaired) electrons. The minimum atomic E-state index is 0.0569. The van der Waals surface area contributed by atoms with E-state index in [9.17, 15) is 0 Å². The van der Waals surface area contributed by atoms with Gasteiger partial charge in [-0.25, -0.2) is 4.98 Å². The predicted molar refractivity (Wildman–Crippen MR) is 89.5 cm³/mol. The van der Waals surface area contributed by atoms with Gasteiger partial charge in [-0.15, -0.1) is 0 Å². The van der Waals surface area contributed by atoms with E-state index in [0.29, 0.717) is 19.8 Å². The molecule has 0 aliphatic heterocycles. The van der Waals surface area contributed by atoms with E-state index in [1.54, 1.807) is 12.2 Å². The van der Waals surface area contributed by atoms with Gasteiger partial charge in [-0.2, -0.15) is 5.10 Å². The Morgan fingerprint density at radius 2 is 2.04 bits per heavy atom. The predicted octanol–water partition coefficient (Wildman–Crippen LogP) is 2.79. The summed E-state index contributed by atoms with van der Waals surface area (Å²) in [7, 11) is 0. The van der Waals surface area contributed by atoms with E-state index in [-0.39, 0.29) is 6.04 Å². The molecule has 6 heteroatoms. The van der Waals surface area contributed by atoms with Crippen LogP contribution < -0.4 is 14.8 Å². The summed E-state index contributed by atoms with van der Waals surface area (Å²) in [5, 5.41) is 10.1. The Labute approximate surface area is 136 Å². The van der Waals surface area contributed by atoms with Crippen LogP contribution in [0, 0.1) is 0 Å². The first-order valence-corrected chi connectivity index (χ1v) is 7.43. The maximum absolute atomic E-state index is 5.73. The minimum absolute atomic E-state index is 0.0569. The van der Waals surface area contributed by atoms with Crippen molar-refractivity contribution >= 4 is 0 Å². The largest absolute Gasteiger partial charge is 0.489 e. The van der Waals surface area contributed by atoms with Crippen molar-refractivity contribution in [2.45, 2.75) is 19.5 Å². The molecule has 6 nitrogen and oxygen atoms in total. The molecule has 0 spiro atoms. The summed E-state index contributed by atoms with van der Waals surface area (Å²) in [4.78, 5) is 4.15. The molecule has 23 heavy (non-hydrogen) atoms. The molecular weight excluding hydrogens is 292 g/mol. The molecule has 122 valence electrons. The molecular formula is C17H22N4O2. The fraction of sp³-hybridized carbons (Fsp3) is 0.294. The summed E-state index contributed by atoms with van der Waals surface area (Å²) in [6.45, 7) is 10.9. The van der Waals surface area contributed by atoms with Gasteiger partial charge in [0.1, 0.15) is 36.9 Å². The van der Waals surface area contributed by atoms with Crippen molar-refractivity contribution in [1.29, 1.82) is 0 Å². The van der Waals surface area contributed by atoms with E-state index in [2.05, 4.69) is 33.7 Å². The van der Waals surface area contributed by atoms with E-state index in [4.69, 9.17) is 9.47 Å². The van der Waals surface area contributed by atoms with Crippen molar-refractivity contribution in [3.8, 4) is 11.5 Å². The first kappa shape index (κ1) is 16.8. The Morgan fingerprint density at radius 1 is 1.26 bits per heavy atom. The number of nitrogens with one attached hydrogen (secondary N) is 2. The average Bonchev–Trinajstić information content (AvgIpc) is 3.11. The van der Waals surface area contributed by atoms with E-state index in [1.165, 1.54) is 6.33 Å². The summed E-state index contributed by atoms with van der Waals surface area (Å²) in [6.07, 6.45) is 4.92. The van der Waals surface area contributed by atoms with Crippen LogP contribution in [0.2, 0.25) is 0 Å². The first-order chi connectivity index (χ1) is 11.2. The van der Waals surface area contributed by atoms with Gasteiger partial charge in [0.2, 0.25) is 0 Å². The molecule has 0 aliphatic rings. The quantitative estimate of drug-likeness (QED) is 0.660. The summed E-state index contributed by atoms with van der Waals surface area (Å²) in [5.41, 5.74) is 1.03. The maximum Gasteiger partial charge on any atom is 0.141 e. The van der Waals surface area contributed by atoms with Crippen LogP contribution in [-0.4, -0.2) is 28.4 Å². The highest BCUT2D eigenvalue weighted by Crippen LogP contribution is 2.25. The molecule has 1 atom stereocenters. The van der Waals surface area contributed by atoms with Crippen molar-refractivity contribution in [1.82, 2.24) is 20.5 Å². The van der Waals surface area contributed by atoms with Crippen LogP contribution in [0.15, 0.2) is 49.8 Å². The van der Waals surface area contributed by atoms with Gasteiger partial charge in [-0.05, 0) is 13.0 Å². The number of ether oxygens (including phenoxy) is 2. The molecule has 0 saturated carbocycles. The van der Waals surface area contributed by atoms with Crippen molar-refractivity contribution in [3.63, 3.8) is 0 Å². The zero-order valence-electron chi connectivity index (χ0n) is 13.3. The highest BCUT2D eigenvalue weighted by molar-refractivity contribution is 5.41. The Kier molecular flexibility index (Phi) is 6.38. The molecule has 2 N–H and O–H groups in total. The Morgan fingerprint density at radius 3 is 2.74 bits per heavy atom. The third-order valence-electron chi connectivity index (χ3n) is 3.21. The molecule has 2 rings (SSSR count). The lowest BCUT2D eigenvalue weighted by Gasteiger charge is -2.15. The normalized spacial score (nSPS) is 11.7. The third kappa shape index (κ3) is 4.96. The topological polar surface area (TPSA) is 72.1 Å². The number of hydrogen-bond acceptors (Lipinski definition) is 5. The van der Waals surface area contributed by atoms with E-state index in [1.807, 2.05) is 25.1 Å². The second kappa shape index (κ2) is 8.75. The van der Waals surface area contributed by atoms with Crippen LogP contribution in [0.5, 0.6) is 11.5 Å². The fourth-order valence-corrected chi connectivity index (χ4v) is 1.99. The van der Waals surface area contributed by atoms with Crippen LogP contribution >= 0.6 is 0 Å². The van der Waals surface area contributed by atoms with Gasteiger partial charge >= 0.3 is 0 Å². The number of rotatable bonds is 10. The van der Waals surface area contributed by atoms with Gasteiger partial charge in [0.15, 0.2) is 0 Å². The molecule has 1 aromatic carbocycles. The summed E-state index contributed by atoms with van der Waals surface area (Å²) in [5.74, 6) is 2.31. The number of benzene rings is 1. The second-order valence-corrected chi connectivity index (χ2v) is 4.94. The molecule has 0 bridgehead atoms. The Hall–Kier alpha value is -2.60. The molecule has 0 unspecified atom stereocenters. The van der Waals surface area contributed by atoms with Crippen LogP contribution in [0.25, 0.3) is 0 Å². The zero-order chi connectivity index (χ0) is 16.5. The lowest BCUT2D eigenvalue weighted by atomic mass is 10.1. The van der Waals surface area contributed by atoms with Crippen LogP contribution in [0.3, 0.4) is 0 Å². The van der Waals surface area contributed by atoms with Crippen molar-refractivity contribution in [2.24, 2.45) is 0 Å². The molecule has 2 aromatic rings. The maximum atomic E-state index is 5.73. The van der Waals surface area contributed by atoms with Crippen molar-refractivity contribution in [3.05, 3.63) is 61.2 Å². The molecule has 0 amide bonds. The molecule has 0 saturated heterocycles. The van der Waals surface area contributed by atoms with Gasteiger partial charge in [0, 0.05) is 18.2 Å². The number of hydrogen-bond donors (Lipinski definition) is 2. The van der Waals surface area contributed by atoms with Gasteiger partial charge in [0.05, 0.1) is 6.04 Å². The van der Waals surface area contributed by atoms with Crippen LogP contribution in [-0.2, 0) is 6.54 Å². The van der Waals surface area contributed by atoms with E-state index < -0.39 is 0 Å². The fourth-order valence-electron chi connectivity index (χ4n) is 1.99. The highest BCUT2D eigenvalue weighted by atomic mass is 16.5. The monoisotopic (exact) mass is 314 g/mol. The summed E-state index contributed by atoms with van der Waals surface area (Å²) < 4.78 is 11.3. The lowest BCUT2D eigenvalue weighted by Crippen LogP contribution is -2.19. The van der Waals surface area contributed by atoms with Crippen molar-refractivity contribution < 1.29 is 9.47 Å². The van der Waals surface area contributed by atoms with Gasteiger partial charge in [-0.3, -0.25) is 5.10 Å². The van der Waals surface area contributed by atoms with Crippen molar-refractivity contribution in [2.75, 3.05) is 13.2 Å².